The summed E-state index contributed by atoms with van der Waals surface area (Å²) in [7, 11) is 0. The van der Waals surface area contributed by atoms with Crippen molar-refractivity contribution in [1.29, 1.82) is 0 Å². The smallest absolute Gasteiger partial charge is 0.254 e. The maximum Gasteiger partial charge on any atom is 0.254 e. The van der Waals surface area contributed by atoms with Gasteiger partial charge < -0.3 is 16.0 Å². The average molecular weight is 275 g/mol. The highest BCUT2D eigenvalue weighted by molar-refractivity contribution is 5.99. The van der Waals surface area contributed by atoms with Gasteiger partial charge in [-0.3, -0.25) is 9.59 Å². The largest absolute Gasteiger partial charge is 0.366 e. The Balaban J connectivity index is 2.19. The normalized spacial score (nSPS) is 15.8. The Morgan fingerprint density at radius 2 is 1.95 bits per heavy atom. The van der Waals surface area contributed by atoms with E-state index in [0.29, 0.717) is 17.7 Å². The van der Waals surface area contributed by atoms with Gasteiger partial charge in [-0.05, 0) is 51.1 Å². The van der Waals surface area contributed by atoms with E-state index in [4.69, 9.17) is 5.73 Å². The Hall–Kier alpha value is -1.88. The number of carbonyl (C=O) groups excluding carboxylic acids is 2. The van der Waals surface area contributed by atoms with Crippen molar-refractivity contribution in [2.24, 2.45) is 5.73 Å². The third-order valence-corrected chi connectivity index (χ3v) is 3.75. The molecule has 1 heterocycles. The lowest BCUT2D eigenvalue weighted by Gasteiger charge is -2.34. The van der Waals surface area contributed by atoms with Crippen molar-refractivity contribution in [2.75, 3.05) is 19.6 Å². The summed E-state index contributed by atoms with van der Waals surface area (Å²) in [5.41, 5.74) is 6.16. The molecule has 1 saturated heterocycles. The van der Waals surface area contributed by atoms with Gasteiger partial charge in [-0.15, -0.1) is 0 Å². The fraction of sp³-hybridized carbons (Fsp3) is 0.467. The molecular weight excluding hydrogens is 254 g/mol. The molecule has 1 aromatic rings. The van der Waals surface area contributed by atoms with E-state index in [-0.39, 0.29) is 11.9 Å². The number of hydrogen-bond donors (Lipinski definition) is 2. The second-order valence-corrected chi connectivity index (χ2v) is 5.02. The van der Waals surface area contributed by atoms with Gasteiger partial charge in [0.2, 0.25) is 5.91 Å². The lowest BCUT2D eigenvalue weighted by atomic mass is 10.0. The zero-order valence-electron chi connectivity index (χ0n) is 11.8. The van der Waals surface area contributed by atoms with E-state index in [1.807, 2.05) is 11.8 Å². The monoisotopic (exact) mass is 275 g/mol. The molecule has 1 fully saturated rings. The minimum absolute atomic E-state index is 0.0255. The SMILES string of the molecule is CCN(C(=O)c1cccc(C(N)=O)c1)C1CCNCC1. The highest BCUT2D eigenvalue weighted by Crippen LogP contribution is 2.16. The molecule has 0 atom stereocenters. The maximum absolute atomic E-state index is 12.6. The number of benzene rings is 1. The Morgan fingerprint density at radius 1 is 1.30 bits per heavy atom. The molecule has 0 aromatic heterocycles. The predicted molar refractivity (Wildman–Crippen MR) is 77.6 cm³/mol. The molecule has 2 rings (SSSR count). The summed E-state index contributed by atoms with van der Waals surface area (Å²) in [6.45, 7) is 4.54. The number of hydrogen-bond acceptors (Lipinski definition) is 3. The molecule has 108 valence electrons. The fourth-order valence-electron chi connectivity index (χ4n) is 2.66. The predicted octanol–water partition coefficient (Wildman–Crippen LogP) is 1.000. The molecule has 3 N–H and O–H groups in total. The van der Waals surface area contributed by atoms with Crippen LogP contribution in [0.4, 0.5) is 0 Å². The Kier molecular flexibility index (Phi) is 4.74. The number of amides is 2. The molecule has 5 nitrogen and oxygen atoms in total. The lowest BCUT2D eigenvalue weighted by Crippen LogP contribution is -2.46. The zero-order chi connectivity index (χ0) is 14.5. The molecule has 1 aliphatic heterocycles. The topological polar surface area (TPSA) is 75.4 Å². The van der Waals surface area contributed by atoms with Crippen molar-refractivity contribution in [3.8, 4) is 0 Å². The van der Waals surface area contributed by atoms with Crippen molar-refractivity contribution >= 4 is 11.8 Å². The number of nitrogens with zero attached hydrogens (tertiary/aromatic N) is 1. The number of nitrogens with one attached hydrogen (secondary N) is 1. The summed E-state index contributed by atoms with van der Waals surface area (Å²) < 4.78 is 0. The molecule has 0 saturated carbocycles. The second kappa shape index (κ2) is 6.52. The van der Waals surface area contributed by atoms with Crippen LogP contribution in [0.1, 0.15) is 40.5 Å². The van der Waals surface area contributed by atoms with Crippen LogP contribution in [0.5, 0.6) is 0 Å². The van der Waals surface area contributed by atoms with Gasteiger partial charge in [0.15, 0.2) is 0 Å². The van der Waals surface area contributed by atoms with E-state index in [0.717, 1.165) is 25.9 Å². The van der Waals surface area contributed by atoms with Gasteiger partial charge in [0, 0.05) is 23.7 Å². The van der Waals surface area contributed by atoms with E-state index >= 15 is 0 Å². The van der Waals surface area contributed by atoms with Crippen molar-refractivity contribution < 1.29 is 9.59 Å². The van der Waals surface area contributed by atoms with Gasteiger partial charge in [-0.2, -0.15) is 0 Å². The molecule has 0 bridgehead atoms. The summed E-state index contributed by atoms with van der Waals surface area (Å²) in [6, 6.07) is 6.90. The first-order valence-electron chi connectivity index (χ1n) is 7.05. The summed E-state index contributed by atoms with van der Waals surface area (Å²) in [5.74, 6) is -0.535. The Bertz CT molecular complexity index is 496. The third kappa shape index (κ3) is 3.17. The van der Waals surface area contributed by atoms with Gasteiger partial charge in [0.1, 0.15) is 0 Å². The second-order valence-electron chi connectivity index (χ2n) is 5.02. The summed E-state index contributed by atoms with van der Waals surface area (Å²) in [6.07, 6.45) is 1.93. The quantitative estimate of drug-likeness (QED) is 0.860. The minimum Gasteiger partial charge on any atom is -0.366 e. The Morgan fingerprint density at radius 3 is 2.55 bits per heavy atom. The molecular formula is C15H21N3O2. The molecule has 1 aliphatic rings. The third-order valence-electron chi connectivity index (χ3n) is 3.75. The highest BCUT2D eigenvalue weighted by Gasteiger charge is 2.25. The van der Waals surface area contributed by atoms with E-state index in [9.17, 15) is 9.59 Å². The van der Waals surface area contributed by atoms with E-state index in [1.54, 1.807) is 24.3 Å². The van der Waals surface area contributed by atoms with Crippen LogP contribution in [0.25, 0.3) is 0 Å². The molecule has 1 aromatic carbocycles. The van der Waals surface area contributed by atoms with Gasteiger partial charge in [0.05, 0.1) is 0 Å². The van der Waals surface area contributed by atoms with Gasteiger partial charge in [-0.1, -0.05) is 6.07 Å². The standard InChI is InChI=1S/C15H21N3O2/c1-2-18(13-6-8-17-9-7-13)15(20)12-5-3-4-11(10-12)14(16)19/h3-5,10,13,17H,2,6-9H2,1H3,(H2,16,19). The van der Waals surface area contributed by atoms with Crippen LogP contribution >= 0.6 is 0 Å². The molecule has 0 radical (unpaired) electrons. The lowest BCUT2D eigenvalue weighted by molar-refractivity contribution is 0.0656. The molecule has 20 heavy (non-hydrogen) atoms. The highest BCUT2D eigenvalue weighted by atomic mass is 16.2. The minimum atomic E-state index is -0.510. The van der Waals surface area contributed by atoms with Gasteiger partial charge in [0.25, 0.3) is 5.91 Å². The number of carbonyl (C=O) groups is 2. The van der Waals surface area contributed by atoms with E-state index in [1.165, 1.54) is 0 Å². The zero-order valence-corrected chi connectivity index (χ0v) is 11.8. The first kappa shape index (κ1) is 14.5. The number of primary amides is 1. The van der Waals surface area contributed by atoms with Gasteiger partial charge in [-0.25, -0.2) is 0 Å². The van der Waals surface area contributed by atoms with Crippen LogP contribution in [0.15, 0.2) is 24.3 Å². The van der Waals surface area contributed by atoms with Crippen LogP contribution in [0.3, 0.4) is 0 Å². The average Bonchev–Trinajstić information content (AvgIpc) is 2.49. The number of nitrogens with two attached hydrogens (primary N) is 1. The number of rotatable bonds is 4. The maximum atomic E-state index is 12.6. The van der Waals surface area contributed by atoms with Crippen molar-refractivity contribution in [3.05, 3.63) is 35.4 Å². The van der Waals surface area contributed by atoms with Crippen LogP contribution < -0.4 is 11.1 Å². The van der Waals surface area contributed by atoms with Crippen molar-refractivity contribution in [2.45, 2.75) is 25.8 Å². The van der Waals surface area contributed by atoms with Crippen molar-refractivity contribution in [3.63, 3.8) is 0 Å². The Labute approximate surface area is 119 Å². The van der Waals surface area contributed by atoms with Gasteiger partial charge >= 0.3 is 0 Å². The molecule has 2 amide bonds. The van der Waals surface area contributed by atoms with Crippen LogP contribution in [0, 0.1) is 0 Å². The van der Waals surface area contributed by atoms with Crippen LogP contribution in [-0.2, 0) is 0 Å². The van der Waals surface area contributed by atoms with E-state index in [2.05, 4.69) is 5.32 Å². The van der Waals surface area contributed by atoms with Crippen LogP contribution in [-0.4, -0.2) is 42.4 Å². The van der Waals surface area contributed by atoms with Crippen molar-refractivity contribution in [1.82, 2.24) is 10.2 Å². The summed E-state index contributed by atoms with van der Waals surface area (Å²) in [4.78, 5) is 25.7. The molecule has 0 spiro atoms. The van der Waals surface area contributed by atoms with E-state index < -0.39 is 5.91 Å². The summed E-state index contributed by atoms with van der Waals surface area (Å²) >= 11 is 0. The summed E-state index contributed by atoms with van der Waals surface area (Å²) in [5, 5.41) is 3.30. The molecule has 0 unspecified atom stereocenters. The molecule has 0 aliphatic carbocycles. The fourth-order valence-corrected chi connectivity index (χ4v) is 2.66. The molecule has 5 heteroatoms. The number of piperidine rings is 1. The first-order chi connectivity index (χ1) is 9.63. The van der Waals surface area contributed by atoms with Crippen LogP contribution in [0.2, 0.25) is 0 Å². The first-order valence-corrected chi connectivity index (χ1v) is 7.05.